The fourth-order valence-corrected chi connectivity index (χ4v) is 5.27. The molecule has 0 spiro atoms. The summed E-state index contributed by atoms with van der Waals surface area (Å²) in [5.74, 6) is 0.0921. The van der Waals surface area contributed by atoms with Crippen molar-refractivity contribution in [2.24, 2.45) is 0 Å². The third kappa shape index (κ3) is 3.16. The van der Waals surface area contributed by atoms with Crippen LogP contribution in [0.15, 0.2) is 54.6 Å². The van der Waals surface area contributed by atoms with Gasteiger partial charge in [-0.3, -0.25) is 9.11 Å². The van der Waals surface area contributed by atoms with E-state index in [4.69, 9.17) is 0 Å². The number of benzene rings is 2. The Labute approximate surface area is 168 Å². The molecular formula is C19H20NNaO2S. The first kappa shape index (κ1) is 18.3. The van der Waals surface area contributed by atoms with E-state index in [1.165, 1.54) is 16.7 Å². The second-order valence-electron chi connectivity index (χ2n) is 6.71. The molecule has 2 aromatic rings. The quantitative estimate of drug-likeness (QED) is 0.572. The number of fused-ring (bicyclic) bond motifs is 3. The van der Waals surface area contributed by atoms with Gasteiger partial charge in [0.25, 0.3) is 0 Å². The van der Waals surface area contributed by atoms with Crippen molar-refractivity contribution < 1.29 is 38.3 Å². The predicted molar refractivity (Wildman–Crippen MR) is 90.9 cm³/mol. The van der Waals surface area contributed by atoms with E-state index in [0.29, 0.717) is 6.54 Å². The second-order valence-corrected chi connectivity index (χ2v) is 7.99. The van der Waals surface area contributed by atoms with E-state index in [0.717, 1.165) is 25.9 Å². The van der Waals surface area contributed by atoms with E-state index in [1.807, 2.05) is 24.3 Å². The monoisotopic (exact) mass is 349 g/mol. The van der Waals surface area contributed by atoms with Gasteiger partial charge in [-0.15, -0.1) is 0 Å². The Bertz CT molecular complexity index is 739. The summed E-state index contributed by atoms with van der Waals surface area (Å²) in [5.41, 5.74) is 3.80. The number of likely N-dealkylation sites (tertiary alicyclic amines) is 1. The van der Waals surface area contributed by atoms with Crippen molar-refractivity contribution >= 4 is 11.1 Å². The molecule has 0 bridgehead atoms. The molecule has 1 unspecified atom stereocenters. The van der Waals surface area contributed by atoms with E-state index < -0.39 is 15.8 Å². The van der Waals surface area contributed by atoms with Crippen LogP contribution in [0.5, 0.6) is 0 Å². The summed E-state index contributed by atoms with van der Waals surface area (Å²) in [4.78, 5) is 2.30. The summed E-state index contributed by atoms with van der Waals surface area (Å²) in [5, 5.41) is 0. The minimum absolute atomic E-state index is 0. The maximum absolute atomic E-state index is 12.1. The van der Waals surface area contributed by atoms with Gasteiger partial charge in [0.1, 0.15) is 0 Å². The molecule has 2 aliphatic rings. The Kier molecular flexibility index (Phi) is 5.65. The van der Waals surface area contributed by atoms with Crippen molar-refractivity contribution in [3.05, 3.63) is 71.3 Å². The van der Waals surface area contributed by atoms with Gasteiger partial charge in [0.05, 0.1) is 4.75 Å². The molecule has 120 valence electrons. The average Bonchev–Trinajstić information content (AvgIpc) is 2.96. The molecule has 1 aliphatic heterocycles. The minimum Gasteiger partial charge on any atom is -0.772 e. The third-order valence-electron chi connectivity index (χ3n) is 5.40. The van der Waals surface area contributed by atoms with Gasteiger partial charge < -0.3 is 4.55 Å². The van der Waals surface area contributed by atoms with Crippen LogP contribution in [-0.2, 0) is 24.0 Å². The fraction of sp³-hybridized carbons (Fsp3) is 0.368. The van der Waals surface area contributed by atoms with Gasteiger partial charge in [-0.25, -0.2) is 0 Å². The number of nitrogens with zero attached hydrogens (tertiary/aromatic N) is 1. The normalized spacial score (nSPS) is 27.0. The molecule has 1 aliphatic carbocycles. The number of hydrogen-bond acceptors (Lipinski definition) is 3. The number of aryl methyl sites for hydroxylation is 1. The minimum atomic E-state index is -2.06. The van der Waals surface area contributed by atoms with E-state index >= 15 is 0 Å². The second kappa shape index (κ2) is 7.40. The largest absolute Gasteiger partial charge is 1.00 e. The zero-order valence-corrected chi connectivity index (χ0v) is 16.8. The Hall–Kier alpha value is -0.490. The molecule has 0 amide bonds. The molecule has 1 fully saturated rings. The summed E-state index contributed by atoms with van der Waals surface area (Å²) in [6.45, 7) is 2.27. The molecule has 0 aromatic heterocycles. The summed E-state index contributed by atoms with van der Waals surface area (Å²) >= 11 is -2.06. The Balaban J connectivity index is 0.00000169. The summed E-state index contributed by atoms with van der Waals surface area (Å²) in [6.07, 6.45) is 1.59. The molecule has 0 N–H and O–H groups in total. The van der Waals surface area contributed by atoms with Crippen LogP contribution >= 0.6 is 0 Å². The van der Waals surface area contributed by atoms with E-state index in [1.54, 1.807) is 0 Å². The first-order valence-corrected chi connectivity index (χ1v) is 9.20. The zero-order chi connectivity index (χ0) is 15.9. The molecule has 2 aromatic carbocycles. The zero-order valence-electron chi connectivity index (χ0n) is 14.0. The van der Waals surface area contributed by atoms with Crippen LogP contribution in [0.4, 0.5) is 0 Å². The topological polar surface area (TPSA) is 43.4 Å². The van der Waals surface area contributed by atoms with Crippen molar-refractivity contribution in [1.29, 1.82) is 0 Å². The van der Waals surface area contributed by atoms with Gasteiger partial charge in [-0.2, -0.15) is 0 Å². The van der Waals surface area contributed by atoms with Crippen molar-refractivity contribution in [1.82, 2.24) is 4.90 Å². The third-order valence-corrected chi connectivity index (χ3v) is 6.68. The fourth-order valence-electron chi connectivity index (χ4n) is 4.28. The van der Waals surface area contributed by atoms with Crippen LogP contribution in [0.2, 0.25) is 0 Å². The van der Waals surface area contributed by atoms with Gasteiger partial charge in [0.15, 0.2) is 0 Å². The molecule has 4 rings (SSSR count). The van der Waals surface area contributed by atoms with Crippen LogP contribution in [-0.4, -0.2) is 31.5 Å². The molecular weight excluding hydrogens is 329 g/mol. The van der Waals surface area contributed by atoms with Crippen molar-refractivity contribution in [3.8, 4) is 0 Å². The van der Waals surface area contributed by atoms with Crippen LogP contribution in [0.25, 0.3) is 0 Å². The van der Waals surface area contributed by atoms with E-state index in [-0.39, 0.29) is 35.5 Å². The van der Waals surface area contributed by atoms with Crippen LogP contribution in [0, 0.1) is 0 Å². The van der Waals surface area contributed by atoms with Gasteiger partial charge in [0.2, 0.25) is 0 Å². The van der Waals surface area contributed by atoms with Crippen molar-refractivity contribution in [2.75, 3.05) is 13.1 Å². The Morgan fingerprint density at radius 3 is 2.58 bits per heavy atom. The van der Waals surface area contributed by atoms with Crippen molar-refractivity contribution in [2.45, 2.75) is 30.1 Å². The summed E-state index contributed by atoms with van der Waals surface area (Å²) in [6, 6.07) is 18.6. The SMILES string of the molecule is O=S([O-])[C@@]12CCc3ccccc3[C@@H]1CN(Cc1ccccc1)C2.[Na+]. The molecule has 3 nitrogen and oxygen atoms in total. The maximum atomic E-state index is 12.1. The Morgan fingerprint density at radius 1 is 1.12 bits per heavy atom. The summed E-state index contributed by atoms with van der Waals surface area (Å²) in [7, 11) is 0. The molecule has 0 saturated carbocycles. The smallest absolute Gasteiger partial charge is 0.772 e. The average molecular weight is 349 g/mol. The predicted octanol–water partition coefficient (Wildman–Crippen LogP) is -0.146. The number of rotatable bonds is 3. The summed E-state index contributed by atoms with van der Waals surface area (Å²) < 4.78 is 23.7. The van der Waals surface area contributed by atoms with Crippen LogP contribution in [0.1, 0.15) is 29.0 Å². The van der Waals surface area contributed by atoms with Crippen LogP contribution in [0.3, 0.4) is 0 Å². The van der Waals surface area contributed by atoms with Gasteiger partial charge in [-0.05, 0) is 40.6 Å². The number of hydrogen-bond donors (Lipinski definition) is 0. The first-order chi connectivity index (χ1) is 11.2. The molecule has 24 heavy (non-hydrogen) atoms. The maximum Gasteiger partial charge on any atom is 1.00 e. The van der Waals surface area contributed by atoms with E-state index in [2.05, 4.69) is 35.2 Å². The van der Waals surface area contributed by atoms with Crippen LogP contribution < -0.4 is 29.6 Å². The molecule has 1 heterocycles. The molecule has 3 atom stereocenters. The molecule has 1 saturated heterocycles. The molecule has 5 heteroatoms. The standard InChI is InChI=1S/C19H21NO2S.Na/c21-23(22)19-11-10-16-8-4-5-9-17(16)18(19)13-20(14-19)12-15-6-2-1-3-7-15;/h1-9,18H,10-14H2,(H,21,22);/q;+1/p-1/t18-,19+;/m0./s1. The Morgan fingerprint density at radius 2 is 1.83 bits per heavy atom. The first-order valence-electron chi connectivity index (χ1n) is 8.12. The van der Waals surface area contributed by atoms with Gasteiger partial charge in [0, 0.05) is 25.6 Å². The van der Waals surface area contributed by atoms with Gasteiger partial charge in [-0.1, -0.05) is 54.6 Å². The van der Waals surface area contributed by atoms with E-state index in [9.17, 15) is 8.76 Å². The van der Waals surface area contributed by atoms with Crippen molar-refractivity contribution in [3.63, 3.8) is 0 Å². The van der Waals surface area contributed by atoms with Gasteiger partial charge >= 0.3 is 29.6 Å². The molecule has 0 radical (unpaired) electrons.